The van der Waals surface area contributed by atoms with Crippen LogP contribution in [0.5, 0.6) is 0 Å². The van der Waals surface area contributed by atoms with Crippen LogP contribution in [0, 0.1) is 0 Å². The average molecular weight is 283 g/mol. The minimum Gasteiger partial charge on any atom is -0.266 e. The van der Waals surface area contributed by atoms with Crippen LogP contribution in [0.1, 0.15) is 0 Å². The first-order valence-electron chi connectivity index (χ1n) is 5.98. The fourth-order valence-corrected chi connectivity index (χ4v) is 3.05. The number of aromatic nitrogens is 5. The highest BCUT2D eigenvalue weighted by Gasteiger charge is 2.15. The van der Waals surface area contributed by atoms with Gasteiger partial charge in [0.2, 0.25) is 0 Å². The highest BCUT2D eigenvalue weighted by atomic mass is 32.2. The van der Waals surface area contributed by atoms with Crippen molar-refractivity contribution in [3.8, 4) is 0 Å². The summed E-state index contributed by atoms with van der Waals surface area (Å²) in [7, 11) is 0. The van der Waals surface area contributed by atoms with Crippen LogP contribution in [0.4, 0.5) is 0 Å². The number of para-hydroxylation sites is 1. The van der Waals surface area contributed by atoms with Crippen LogP contribution in [0.3, 0.4) is 0 Å². The number of fused-ring (bicyclic) bond motifs is 4. The second-order valence-electron chi connectivity index (χ2n) is 4.29. The van der Waals surface area contributed by atoms with E-state index in [1.165, 1.54) is 24.5 Å². The van der Waals surface area contributed by atoms with Gasteiger partial charge in [0.05, 0.1) is 5.52 Å². The lowest BCUT2D eigenvalue weighted by atomic mass is 10.2. The molecule has 0 fully saturated rings. The smallest absolute Gasteiger partial charge is 0.266 e. The van der Waals surface area contributed by atoms with Gasteiger partial charge in [-0.2, -0.15) is 4.52 Å². The van der Waals surface area contributed by atoms with Crippen LogP contribution in [-0.4, -0.2) is 29.8 Å². The SMILES string of the molecule is CSn1c2ccccc2c2nc3ncncc3c(=O)n21. The predicted octanol–water partition coefficient (Wildman–Crippen LogP) is 1.72. The van der Waals surface area contributed by atoms with E-state index < -0.39 is 0 Å². The first-order chi connectivity index (χ1) is 9.81. The molecule has 0 spiro atoms. The van der Waals surface area contributed by atoms with Crippen molar-refractivity contribution in [1.29, 1.82) is 0 Å². The molecule has 0 radical (unpaired) electrons. The number of benzene rings is 1. The molecule has 0 saturated carbocycles. The third kappa shape index (κ3) is 1.35. The van der Waals surface area contributed by atoms with Gasteiger partial charge in [-0.3, -0.25) is 4.79 Å². The molecule has 0 saturated heterocycles. The summed E-state index contributed by atoms with van der Waals surface area (Å²) in [6.45, 7) is 0. The third-order valence-corrected chi connectivity index (χ3v) is 3.94. The highest BCUT2D eigenvalue weighted by Crippen LogP contribution is 2.23. The molecule has 0 amide bonds. The van der Waals surface area contributed by atoms with Crippen LogP contribution in [0.2, 0.25) is 0 Å². The Kier molecular flexibility index (Phi) is 2.31. The monoisotopic (exact) mass is 283 g/mol. The lowest BCUT2D eigenvalue weighted by molar-refractivity contribution is 0.879. The molecule has 20 heavy (non-hydrogen) atoms. The Morgan fingerprint density at radius 2 is 2.05 bits per heavy atom. The van der Waals surface area contributed by atoms with Crippen LogP contribution in [-0.2, 0) is 0 Å². The molecule has 1 aromatic carbocycles. The van der Waals surface area contributed by atoms with Gasteiger partial charge in [-0.1, -0.05) is 12.1 Å². The maximum absolute atomic E-state index is 12.6. The predicted molar refractivity (Wildman–Crippen MR) is 79.0 cm³/mol. The van der Waals surface area contributed by atoms with Crippen molar-refractivity contribution in [2.24, 2.45) is 0 Å². The molecular formula is C13H9N5OS. The van der Waals surface area contributed by atoms with E-state index in [0.717, 1.165) is 10.9 Å². The summed E-state index contributed by atoms with van der Waals surface area (Å²) in [4.78, 5) is 25.2. The molecule has 98 valence electrons. The Hall–Kier alpha value is -2.41. The molecule has 0 unspecified atom stereocenters. The summed E-state index contributed by atoms with van der Waals surface area (Å²) in [5, 5.41) is 1.35. The number of hydrogen-bond acceptors (Lipinski definition) is 5. The van der Waals surface area contributed by atoms with Crippen LogP contribution < -0.4 is 5.56 Å². The van der Waals surface area contributed by atoms with E-state index in [-0.39, 0.29) is 5.56 Å². The van der Waals surface area contributed by atoms with Crippen molar-refractivity contribution in [3.05, 3.63) is 47.1 Å². The topological polar surface area (TPSA) is 65.1 Å². The highest BCUT2D eigenvalue weighted by molar-refractivity contribution is 7.97. The first kappa shape index (κ1) is 11.4. The van der Waals surface area contributed by atoms with Gasteiger partial charge in [-0.05, 0) is 24.1 Å². The van der Waals surface area contributed by atoms with Crippen molar-refractivity contribution >= 4 is 39.5 Å². The van der Waals surface area contributed by atoms with Gasteiger partial charge in [0, 0.05) is 17.8 Å². The summed E-state index contributed by atoms with van der Waals surface area (Å²) in [6, 6.07) is 7.80. The van der Waals surface area contributed by atoms with E-state index >= 15 is 0 Å². The number of hydrogen-bond donors (Lipinski definition) is 0. The lowest BCUT2D eigenvalue weighted by Gasteiger charge is -2.03. The first-order valence-corrected chi connectivity index (χ1v) is 7.16. The van der Waals surface area contributed by atoms with Gasteiger partial charge in [-0.15, -0.1) is 0 Å². The van der Waals surface area contributed by atoms with Crippen molar-refractivity contribution in [1.82, 2.24) is 23.6 Å². The largest absolute Gasteiger partial charge is 0.284 e. The molecule has 0 aliphatic carbocycles. The molecule has 4 rings (SSSR count). The molecule has 0 atom stereocenters. The molecule has 3 heterocycles. The Balaban J connectivity index is 2.39. The molecular weight excluding hydrogens is 274 g/mol. The fourth-order valence-electron chi connectivity index (χ4n) is 2.38. The zero-order valence-corrected chi connectivity index (χ0v) is 11.3. The Bertz CT molecular complexity index is 1020. The summed E-state index contributed by atoms with van der Waals surface area (Å²) in [5.41, 5.74) is 1.84. The molecule has 4 aromatic rings. The van der Waals surface area contributed by atoms with Crippen molar-refractivity contribution in [2.45, 2.75) is 0 Å². The van der Waals surface area contributed by atoms with Crippen LogP contribution in [0.15, 0.2) is 41.6 Å². The van der Waals surface area contributed by atoms with Crippen LogP contribution >= 0.6 is 11.9 Å². The Morgan fingerprint density at radius 1 is 1.20 bits per heavy atom. The zero-order chi connectivity index (χ0) is 13.7. The van der Waals surface area contributed by atoms with Crippen molar-refractivity contribution in [2.75, 3.05) is 6.26 Å². The van der Waals surface area contributed by atoms with Crippen LogP contribution in [0.25, 0.3) is 27.6 Å². The van der Waals surface area contributed by atoms with E-state index in [9.17, 15) is 4.79 Å². The second kappa shape index (κ2) is 4.04. The minimum absolute atomic E-state index is 0.156. The second-order valence-corrected chi connectivity index (χ2v) is 5.00. The minimum atomic E-state index is -0.156. The van der Waals surface area contributed by atoms with Crippen molar-refractivity contribution < 1.29 is 0 Å². The van der Waals surface area contributed by atoms with Gasteiger partial charge in [0.15, 0.2) is 11.3 Å². The maximum Gasteiger partial charge on any atom is 0.284 e. The van der Waals surface area contributed by atoms with Gasteiger partial charge < -0.3 is 0 Å². The Labute approximate surface area is 117 Å². The standard InChI is InChI=1S/C13H9N5OS/c1-20-18-10-5-3-2-4-8(10)12-16-11-9(6-14-7-15-11)13(19)17(12)18/h2-7H,1H3. The summed E-state index contributed by atoms with van der Waals surface area (Å²) in [5.74, 6) is 0. The average Bonchev–Trinajstić information content (AvgIpc) is 2.82. The molecule has 0 bridgehead atoms. The molecule has 0 aliphatic heterocycles. The quantitative estimate of drug-likeness (QED) is 0.532. The molecule has 0 aliphatic rings. The maximum atomic E-state index is 12.6. The van der Waals surface area contributed by atoms with E-state index in [2.05, 4.69) is 15.0 Å². The molecule has 3 aromatic heterocycles. The normalized spacial score (nSPS) is 11.7. The number of rotatable bonds is 1. The zero-order valence-electron chi connectivity index (χ0n) is 10.5. The third-order valence-electron chi connectivity index (χ3n) is 3.23. The molecule has 6 nitrogen and oxygen atoms in total. The lowest BCUT2D eigenvalue weighted by Crippen LogP contribution is -2.19. The molecule has 7 heteroatoms. The van der Waals surface area contributed by atoms with E-state index in [1.807, 2.05) is 34.6 Å². The summed E-state index contributed by atoms with van der Waals surface area (Å²) < 4.78 is 3.41. The summed E-state index contributed by atoms with van der Waals surface area (Å²) >= 11 is 1.46. The Morgan fingerprint density at radius 3 is 2.90 bits per heavy atom. The van der Waals surface area contributed by atoms with Gasteiger partial charge >= 0.3 is 0 Å². The van der Waals surface area contributed by atoms with Gasteiger partial charge in [0.1, 0.15) is 11.7 Å². The van der Waals surface area contributed by atoms with E-state index in [1.54, 1.807) is 4.52 Å². The molecule has 0 N–H and O–H groups in total. The van der Waals surface area contributed by atoms with Gasteiger partial charge in [-0.25, -0.2) is 19.0 Å². The fraction of sp³-hybridized carbons (Fsp3) is 0.0769. The van der Waals surface area contributed by atoms with Crippen molar-refractivity contribution in [3.63, 3.8) is 0 Å². The van der Waals surface area contributed by atoms with E-state index in [4.69, 9.17) is 0 Å². The van der Waals surface area contributed by atoms with E-state index in [0.29, 0.717) is 16.7 Å². The summed E-state index contributed by atoms with van der Waals surface area (Å²) in [6.07, 6.45) is 4.83. The number of nitrogens with zero attached hydrogens (tertiary/aromatic N) is 5. The van der Waals surface area contributed by atoms with Gasteiger partial charge in [0.25, 0.3) is 5.56 Å².